The highest BCUT2D eigenvalue weighted by Gasteiger charge is 2.12. The van der Waals surface area contributed by atoms with Gasteiger partial charge in [0.15, 0.2) is 0 Å². The van der Waals surface area contributed by atoms with E-state index in [1.807, 2.05) is 31.2 Å². The van der Waals surface area contributed by atoms with E-state index in [-0.39, 0.29) is 5.02 Å². The van der Waals surface area contributed by atoms with Crippen molar-refractivity contribution >= 4 is 28.6 Å². The Morgan fingerprint density at radius 2 is 1.95 bits per heavy atom. The number of hydrogen-bond acceptors (Lipinski definition) is 2. The van der Waals surface area contributed by atoms with Gasteiger partial charge in [-0.1, -0.05) is 41.4 Å². The van der Waals surface area contributed by atoms with Gasteiger partial charge in [0, 0.05) is 6.07 Å². The molecule has 2 N–H and O–H groups in total. The summed E-state index contributed by atoms with van der Waals surface area (Å²) in [5.74, 6) is -0.119. The molecule has 0 spiro atoms. The molecule has 102 valence electrons. The number of rotatable bonds is 2. The molecule has 0 aliphatic heterocycles. The Bertz CT molecular complexity index is 778. The summed E-state index contributed by atoms with van der Waals surface area (Å²) in [7, 11) is 0. The fourth-order valence-electron chi connectivity index (χ4n) is 2.18. The third-order valence-corrected chi connectivity index (χ3v) is 3.57. The van der Waals surface area contributed by atoms with Crippen LogP contribution in [0.3, 0.4) is 0 Å². The maximum Gasteiger partial charge on any atom is 0.201 e. The lowest BCUT2D eigenvalue weighted by Gasteiger charge is -2.07. The van der Waals surface area contributed by atoms with Crippen molar-refractivity contribution in [3.05, 3.63) is 58.4 Å². The number of anilines is 1. The Hall–Kier alpha value is -2.07. The monoisotopic (exact) mass is 289 g/mol. The maximum absolute atomic E-state index is 13.6. The zero-order chi connectivity index (χ0) is 14.3. The quantitative estimate of drug-likeness (QED) is 0.780. The molecule has 3 nitrogen and oxygen atoms in total. The van der Waals surface area contributed by atoms with E-state index in [2.05, 4.69) is 4.98 Å². The smallest absolute Gasteiger partial charge is 0.201 e. The summed E-state index contributed by atoms with van der Waals surface area (Å²) >= 11 is 5.76. The predicted molar refractivity (Wildman–Crippen MR) is 79.4 cm³/mol. The van der Waals surface area contributed by atoms with Gasteiger partial charge in [-0.25, -0.2) is 9.37 Å². The molecule has 0 amide bonds. The second-order valence-corrected chi connectivity index (χ2v) is 5.20. The number of fused-ring (bicyclic) bond motifs is 1. The van der Waals surface area contributed by atoms with E-state index < -0.39 is 5.82 Å². The standard InChI is InChI=1S/C15H13ClFN3/c1-9-2-4-10(5-3-9)8-20-14-7-12(17)11(16)6-13(14)19-15(20)18/h2-7H,8H2,1H3,(H2,18,19). The molecule has 1 aromatic heterocycles. The van der Waals surface area contributed by atoms with E-state index >= 15 is 0 Å². The molecule has 2 aromatic carbocycles. The van der Waals surface area contributed by atoms with Crippen molar-refractivity contribution in [2.75, 3.05) is 5.73 Å². The lowest BCUT2D eigenvalue weighted by molar-refractivity contribution is 0.629. The number of aryl methyl sites for hydroxylation is 1. The lowest BCUT2D eigenvalue weighted by Crippen LogP contribution is -2.04. The van der Waals surface area contributed by atoms with E-state index in [0.29, 0.717) is 23.5 Å². The minimum atomic E-state index is -0.468. The van der Waals surface area contributed by atoms with E-state index in [1.54, 1.807) is 4.57 Å². The van der Waals surface area contributed by atoms with Gasteiger partial charge in [0.05, 0.1) is 22.6 Å². The summed E-state index contributed by atoms with van der Waals surface area (Å²) in [6, 6.07) is 11.0. The first-order valence-electron chi connectivity index (χ1n) is 6.21. The Morgan fingerprint density at radius 1 is 1.25 bits per heavy atom. The second-order valence-electron chi connectivity index (χ2n) is 4.80. The number of nitrogens with two attached hydrogens (primary N) is 1. The average Bonchev–Trinajstić information content (AvgIpc) is 2.69. The highest BCUT2D eigenvalue weighted by Crippen LogP contribution is 2.25. The summed E-state index contributed by atoms with van der Waals surface area (Å²) in [5.41, 5.74) is 9.43. The van der Waals surface area contributed by atoms with Crippen molar-refractivity contribution in [2.24, 2.45) is 0 Å². The van der Waals surface area contributed by atoms with Crippen LogP contribution in [0.1, 0.15) is 11.1 Å². The van der Waals surface area contributed by atoms with Gasteiger partial charge in [-0.05, 0) is 18.6 Å². The number of benzene rings is 2. The molecule has 0 aliphatic carbocycles. The number of aromatic nitrogens is 2. The van der Waals surface area contributed by atoms with Crippen LogP contribution in [0, 0.1) is 12.7 Å². The number of halogens is 2. The molecule has 20 heavy (non-hydrogen) atoms. The third kappa shape index (κ3) is 2.23. The van der Waals surface area contributed by atoms with Crippen molar-refractivity contribution < 1.29 is 4.39 Å². The molecule has 0 saturated heterocycles. The highest BCUT2D eigenvalue weighted by molar-refractivity contribution is 6.31. The minimum absolute atomic E-state index is 0.0532. The summed E-state index contributed by atoms with van der Waals surface area (Å²) in [6.07, 6.45) is 0. The van der Waals surface area contributed by atoms with E-state index in [0.717, 1.165) is 5.56 Å². The van der Waals surface area contributed by atoms with Crippen LogP contribution in [-0.4, -0.2) is 9.55 Å². The van der Waals surface area contributed by atoms with E-state index in [9.17, 15) is 4.39 Å². The first kappa shape index (κ1) is 12.9. The number of nitrogens with zero attached hydrogens (tertiary/aromatic N) is 2. The van der Waals surface area contributed by atoms with Gasteiger partial charge in [0.2, 0.25) is 5.95 Å². The number of hydrogen-bond donors (Lipinski definition) is 1. The SMILES string of the molecule is Cc1ccc(Cn2c(N)nc3cc(Cl)c(F)cc32)cc1. The first-order chi connectivity index (χ1) is 9.54. The van der Waals surface area contributed by atoms with E-state index in [4.69, 9.17) is 17.3 Å². The van der Waals surface area contributed by atoms with Gasteiger partial charge in [0.25, 0.3) is 0 Å². The number of imidazole rings is 1. The van der Waals surface area contributed by atoms with Gasteiger partial charge in [-0.3, -0.25) is 0 Å². The maximum atomic E-state index is 13.6. The fourth-order valence-corrected chi connectivity index (χ4v) is 2.34. The summed E-state index contributed by atoms with van der Waals surface area (Å²) in [6.45, 7) is 2.58. The van der Waals surface area contributed by atoms with Crippen LogP contribution in [-0.2, 0) is 6.54 Å². The molecule has 0 unspecified atom stereocenters. The Labute approximate surface area is 120 Å². The zero-order valence-electron chi connectivity index (χ0n) is 10.9. The van der Waals surface area contributed by atoms with Crippen LogP contribution in [0.25, 0.3) is 11.0 Å². The predicted octanol–water partition coefficient (Wildman–Crippen LogP) is 3.77. The topological polar surface area (TPSA) is 43.8 Å². The van der Waals surface area contributed by atoms with Crippen LogP contribution < -0.4 is 5.73 Å². The molecular weight excluding hydrogens is 277 g/mol. The minimum Gasteiger partial charge on any atom is -0.369 e. The average molecular weight is 290 g/mol. The Morgan fingerprint density at radius 3 is 2.65 bits per heavy atom. The largest absolute Gasteiger partial charge is 0.369 e. The fraction of sp³-hybridized carbons (Fsp3) is 0.133. The molecule has 5 heteroatoms. The molecule has 1 heterocycles. The summed E-state index contributed by atoms with van der Waals surface area (Å²) in [4.78, 5) is 4.22. The molecule has 0 atom stereocenters. The molecule has 0 radical (unpaired) electrons. The van der Waals surface area contributed by atoms with Crippen molar-refractivity contribution in [3.8, 4) is 0 Å². The van der Waals surface area contributed by atoms with Crippen LogP contribution in [0.5, 0.6) is 0 Å². The normalized spacial score (nSPS) is 11.2. The zero-order valence-corrected chi connectivity index (χ0v) is 11.7. The highest BCUT2D eigenvalue weighted by atomic mass is 35.5. The molecule has 0 aliphatic rings. The van der Waals surface area contributed by atoms with Crippen LogP contribution in [0.4, 0.5) is 10.3 Å². The van der Waals surface area contributed by atoms with Crippen LogP contribution in [0.15, 0.2) is 36.4 Å². The van der Waals surface area contributed by atoms with Gasteiger partial charge in [0.1, 0.15) is 5.82 Å². The molecule has 3 rings (SSSR count). The van der Waals surface area contributed by atoms with Crippen LogP contribution >= 0.6 is 11.6 Å². The number of nitrogen functional groups attached to an aromatic ring is 1. The van der Waals surface area contributed by atoms with Crippen molar-refractivity contribution in [1.29, 1.82) is 0 Å². The summed E-state index contributed by atoms with van der Waals surface area (Å²) in [5, 5.41) is 0.0532. The second kappa shape index (κ2) is 4.80. The van der Waals surface area contributed by atoms with Crippen molar-refractivity contribution in [1.82, 2.24) is 9.55 Å². The first-order valence-corrected chi connectivity index (χ1v) is 6.58. The lowest BCUT2D eigenvalue weighted by atomic mass is 10.1. The molecule has 3 aromatic rings. The molecule has 0 fully saturated rings. The van der Waals surface area contributed by atoms with Gasteiger partial charge < -0.3 is 10.3 Å². The Kier molecular flexibility index (Phi) is 3.10. The van der Waals surface area contributed by atoms with Crippen LogP contribution in [0.2, 0.25) is 5.02 Å². The molecule has 0 bridgehead atoms. The summed E-state index contributed by atoms with van der Waals surface area (Å²) < 4.78 is 15.4. The molecule has 0 saturated carbocycles. The van der Waals surface area contributed by atoms with Crippen molar-refractivity contribution in [3.63, 3.8) is 0 Å². The van der Waals surface area contributed by atoms with Gasteiger partial charge in [-0.2, -0.15) is 0 Å². The van der Waals surface area contributed by atoms with Crippen molar-refractivity contribution in [2.45, 2.75) is 13.5 Å². The van der Waals surface area contributed by atoms with Gasteiger partial charge >= 0.3 is 0 Å². The Balaban J connectivity index is 2.08. The third-order valence-electron chi connectivity index (χ3n) is 3.28. The van der Waals surface area contributed by atoms with Gasteiger partial charge in [-0.15, -0.1) is 0 Å². The van der Waals surface area contributed by atoms with E-state index in [1.165, 1.54) is 17.7 Å². The molecular formula is C15H13ClFN3.